The largest absolute Gasteiger partial charge is 0.390 e. The molecule has 31 heavy (non-hydrogen) atoms. The molecule has 0 saturated carbocycles. The number of pyridine rings is 2. The van der Waals surface area contributed by atoms with Gasteiger partial charge in [-0.15, -0.1) is 11.3 Å². The average Bonchev–Trinajstić information content (AvgIpc) is 3.57. The molecule has 3 N–H and O–H groups in total. The zero-order chi connectivity index (χ0) is 20.9. The number of hydrogen-bond donors (Lipinski definition) is 3. The van der Waals surface area contributed by atoms with Crippen LogP contribution in [0.15, 0.2) is 48.2 Å². The molecule has 10 heteroatoms. The summed E-state index contributed by atoms with van der Waals surface area (Å²) in [5.74, 6) is 0.616. The summed E-state index contributed by atoms with van der Waals surface area (Å²) in [4.78, 5) is 18.4. The summed E-state index contributed by atoms with van der Waals surface area (Å²) in [6, 6.07) is 7.87. The molecule has 0 saturated heterocycles. The fourth-order valence-corrected chi connectivity index (χ4v) is 4.47. The monoisotopic (exact) mass is 428 g/mol. The van der Waals surface area contributed by atoms with Crippen molar-refractivity contribution in [2.45, 2.75) is 6.61 Å². The fraction of sp³-hybridized carbons (Fsp3) is 0.0952. The van der Waals surface area contributed by atoms with Gasteiger partial charge in [0.1, 0.15) is 11.0 Å². The highest BCUT2D eigenvalue weighted by Crippen LogP contribution is 2.33. The lowest BCUT2D eigenvalue weighted by atomic mass is 10.1. The quantitative estimate of drug-likeness (QED) is 0.395. The van der Waals surface area contributed by atoms with Gasteiger partial charge < -0.3 is 10.1 Å². The molecule has 6 heterocycles. The van der Waals surface area contributed by atoms with Gasteiger partial charge in [-0.1, -0.05) is 6.07 Å². The second-order valence-corrected chi connectivity index (χ2v) is 8.08. The molecule has 6 rings (SSSR count). The molecule has 0 spiro atoms. The summed E-state index contributed by atoms with van der Waals surface area (Å²) in [5, 5.41) is 23.5. The summed E-state index contributed by atoms with van der Waals surface area (Å²) in [7, 11) is 1.82. The van der Waals surface area contributed by atoms with Crippen molar-refractivity contribution < 1.29 is 5.11 Å². The van der Waals surface area contributed by atoms with Crippen molar-refractivity contribution in [3.63, 3.8) is 0 Å². The van der Waals surface area contributed by atoms with Crippen LogP contribution in [0, 0.1) is 0 Å². The molecule has 0 aliphatic heterocycles. The van der Waals surface area contributed by atoms with Gasteiger partial charge in [-0.25, -0.2) is 9.97 Å². The average molecular weight is 428 g/mol. The van der Waals surface area contributed by atoms with E-state index in [1.54, 1.807) is 22.2 Å². The number of hydrogen-bond acceptors (Lipinski definition) is 7. The van der Waals surface area contributed by atoms with Gasteiger partial charge in [-0.05, 0) is 23.6 Å². The molecule has 0 radical (unpaired) electrons. The number of aliphatic hydroxyl groups excluding tert-OH is 1. The smallest absolute Gasteiger partial charge is 0.161 e. The highest BCUT2D eigenvalue weighted by molar-refractivity contribution is 7.13. The second-order valence-electron chi connectivity index (χ2n) is 7.13. The van der Waals surface area contributed by atoms with Crippen LogP contribution in [-0.4, -0.2) is 45.0 Å². The number of aromatic nitrogens is 8. The molecule has 0 aliphatic carbocycles. The number of rotatable bonds is 4. The lowest BCUT2D eigenvalue weighted by molar-refractivity contribution is 0.276. The second kappa shape index (κ2) is 6.83. The fourth-order valence-electron chi connectivity index (χ4n) is 3.74. The Morgan fingerprint density at radius 3 is 2.84 bits per heavy atom. The third-order valence-corrected chi connectivity index (χ3v) is 6.05. The molecule has 0 bridgehead atoms. The third kappa shape index (κ3) is 2.84. The van der Waals surface area contributed by atoms with Crippen molar-refractivity contribution in [2.75, 3.05) is 0 Å². The van der Waals surface area contributed by atoms with Crippen LogP contribution >= 0.6 is 11.3 Å². The molecule has 152 valence electrons. The zero-order valence-corrected chi connectivity index (χ0v) is 17.2. The van der Waals surface area contributed by atoms with E-state index in [9.17, 15) is 5.11 Å². The first-order valence-corrected chi connectivity index (χ1v) is 10.5. The van der Waals surface area contributed by atoms with Crippen molar-refractivity contribution >= 4 is 33.4 Å². The molecule has 6 aromatic rings. The lowest BCUT2D eigenvalue weighted by Gasteiger charge is -2.00. The predicted molar refractivity (Wildman–Crippen MR) is 118 cm³/mol. The van der Waals surface area contributed by atoms with Crippen molar-refractivity contribution in [1.29, 1.82) is 0 Å². The molecular formula is C21H16N8OS. The standard InChI is InChI=1S/C21H16N8OS/c1-29-9-12(16(10-30)28-29)13-4-5-14-19(23-13)20(27-26-14)21-24-15-8-22-7-11(18(15)25-21)17-3-2-6-31-17/h2-9,30H,10H2,1H3,(H,24,25)(H,26,27). The Hall–Kier alpha value is -3.89. The molecule has 9 nitrogen and oxygen atoms in total. The topological polar surface area (TPSA) is 121 Å². The normalized spacial score (nSPS) is 11.7. The molecule has 0 amide bonds. The van der Waals surface area contributed by atoms with Crippen LogP contribution in [-0.2, 0) is 13.7 Å². The van der Waals surface area contributed by atoms with E-state index >= 15 is 0 Å². The van der Waals surface area contributed by atoms with Gasteiger partial charge in [-0.2, -0.15) is 10.2 Å². The summed E-state index contributed by atoms with van der Waals surface area (Å²) < 4.78 is 1.67. The SMILES string of the molecule is Cn1cc(-c2ccc3[nH]nc(-c4nc5c(-c6cccs6)cncc5[nH]4)c3n2)c(CO)n1. The Kier molecular flexibility index (Phi) is 3.95. The van der Waals surface area contributed by atoms with E-state index in [2.05, 4.69) is 31.3 Å². The number of imidazole rings is 1. The van der Waals surface area contributed by atoms with E-state index in [1.807, 2.05) is 43.0 Å². The molecular weight excluding hydrogens is 412 g/mol. The Labute approximate surface area is 179 Å². The maximum absolute atomic E-state index is 9.64. The lowest BCUT2D eigenvalue weighted by Crippen LogP contribution is -1.91. The van der Waals surface area contributed by atoms with E-state index < -0.39 is 0 Å². The summed E-state index contributed by atoms with van der Waals surface area (Å²) in [5.41, 5.74) is 6.84. The number of nitrogens with zero attached hydrogens (tertiary/aromatic N) is 6. The Morgan fingerprint density at radius 1 is 1.06 bits per heavy atom. The first-order chi connectivity index (χ1) is 15.2. The van der Waals surface area contributed by atoms with Crippen LogP contribution in [0.4, 0.5) is 0 Å². The number of nitrogens with one attached hydrogen (secondary N) is 2. The minimum atomic E-state index is -0.157. The molecule has 6 aromatic heterocycles. The molecule has 0 aromatic carbocycles. The predicted octanol–water partition coefficient (Wildman–Crippen LogP) is 3.52. The molecule has 0 fully saturated rings. The van der Waals surface area contributed by atoms with Crippen molar-refractivity contribution in [2.24, 2.45) is 7.05 Å². The first-order valence-electron chi connectivity index (χ1n) is 9.58. The Bertz CT molecular complexity index is 1540. The van der Waals surface area contributed by atoms with Crippen LogP contribution in [0.2, 0.25) is 0 Å². The van der Waals surface area contributed by atoms with Gasteiger partial charge in [0.25, 0.3) is 0 Å². The molecule has 0 atom stereocenters. The number of aryl methyl sites for hydroxylation is 1. The molecule has 0 aliphatic rings. The number of aliphatic hydroxyl groups is 1. The van der Waals surface area contributed by atoms with Crippen LogP contribution in [0.5, 0.6) is 0 Å². The van der Waals surface area contributed by atoms with Crippen LogP contribution in [0.1, 0.15) is 5.69 Å². The maximum Gasteiger partial charge on any atom is 0.161 e. The first kappa shape index (κ1) is 17.9. The van der Waals surface area contributed by atoms with Crippen LogP contribution in [0.25, 0.3) is 55.3 Å². The van der Waals surface area contributed by atoms with Crippen LogP contribution < -0.4 is 0 Å². The van der Waals surface area contributed by atoms with Gasteiger partial charge in [0, 0.05) is 35.4 Å². The van der Waals surface area contributed by atoms with E-state index in [4.69, 9.17) is 9.97 Å². The number of aromatic amines is 2. The van der Waals surface area contributed by atoms with Gasteiger partial charge in [0.2, 0.25) is 0 Å². The van der Waals surface area contributed by atoms with Gasteiger partial charge in [0.05, 0.1) is 35.2 Å². The number of thiophene rings is 1. The van der Waals surface area contributed by atoms with E-state index in [0.29, 0.717) is 28.4 Å². The zero-order valence-electron chi connectivity index (χ0n) is 16.4. The van der Waals surface area contributed by atoms with Crippen molar-refractivity contribution in [1.82, 2.24) is 39.9 Å². The summed E-state index contributed by atoms with van der Waals surface area (Å²) >= 11 is 1.65. The molecule has 0 unspecified atom stereocenters. The Balaban J connectivity index is 1.52. The van der Waals surface area contributed by atoms with E-state index in [-0.39, 0.29) is 6.61 Å². The highest BCUT2D eigenvalue weighted by atomic mass is 32.1. The summed E-state index contributed by atoms with van der Waals surface area (Å²) in [6.07, 6.45) is 5.44. The van der Waals surface area contributed by atoms with Crippen LogP contribution in [0.3, 0.4) is 0 Å². The third-order valence-electron chi connectivity index (χ3n) is 5.14. The maximum atomic E-state index is 9.64. The van der Waals surface area contributed by atoms with E-state index in [0.717, 1.165) is 32.6 Å². The van der Waals surface area contributed by atoms with Crippen molar-refractivity contribution in [3.8, 4) is 33.2 Å². The Morgan fingerprint density at radius 2 is 2.00 bits per heavy atom. The summed E-state index contributed by atoms with van der Waals surface area (Å²) in [6.45, 7) is -0.157. The van der Waals surface area contributed by atoms with Gasteiger partial charge in [-0.3, -0.25) is 14.8 Å². The minimum absolute atomic E-state index is 0.157. The minimum Gasteiger partial charge on any atom is -0.390 e. The van der Waals surface area contributed by atoms with Gasteiger partial charge >= 0.3 is 0 Å². The number of fused-ring (bicyclic) bond motifs is 2. The van der Waals surface area contributed by atoms with Crippen molar-refractivity contribution in [3.05, 3.63) is 53.9 Å². The van der Waals surface area contributed by atoms with Gasteiger partial charge in [0.15, 0.2) is 11.5 Å². The highest BCUT2D eigenvalue weighted by Gasteiger charge is 2.18. The van der Waals surface area contributed by atoms with E-state index in [1.165, 1.54) is 0 Å². The number of H-pyrrole nitrogens is 2.